The van der Waals surface area contributed by atoms with Crippen LogP contribution in [0.1, 0.15) is 12.2 Å². The van der Waals surface area contributed by atoms with Crippen molar-refractivity contribution in [1.29, 1.82) is 0 Å². The molecular formula is C12H18N4O2S. The van der Waals surface area contributed by atoms with Gasteiger partial charge in [-0.3, -0.25) is 9.36 Å². The molecule has 104 valence electrons. The molecule has 0 aromatic carbocycles. The molecule has 0 radical (unpaired) electrons. The van der Waals surface area contributed by atoms with Crippen LogP contribution in [-0.4, -0.2) is 49.7 Å². The average Bonchev–Trinajstić information content (AvgIpc) is 2.74. The lowest BCUT2D eigenvalue weighted by molar-refractivity contribution is -0.136. The molecule has 0 N–H and O–H groups in total. The van der Waals surface area contributed by atoms with E-state index in [0.717, 1.165) is 43.3 Å². The number of fused-ring (bicyclic) bond motifs is 1. The smallest absolute Gasteiger partial charge is 0.341 e. The van der Waals surface area contributed by atoms with Gasteiger partial charge in [-0.05, 0) is 6.42 Å². The highest BCUT2D eigenvalue weighted by molar-refractivity contribution is 7.99. The Morgan fingerprint density at radius 2 is 2.11 bits per heavy atom. The highest BCUT2D eigenvalue weighted by Gasteiger charge is 2.31. The number of thioether (sulfide) groups is 1. The van der Waals surface area contributed by atoms with Crippen LogP contribution in [0, 0.1) is 5.92 Å². The molecule has 0 unspecified atom stereocenters. The van der Waals surface area contributed by atoms with Crippen LogP contribution >= 0.6 is 11.8 Å². The Balaban J connectivity index is 1.76. The van der Waals surface area contributed by atoms with Crippen LogP contribution in [-0.2, 0) is 24.8 Å². The lowest BCUT2D eigenvalue weighted by Crippen LogP contribution is -2.44. The first kappa shape index (κ1) is 12.8. The summed E-state index contributed by atoms with van der Waals surface area (Å²) >= 11 is 1.89. The second kappa shape index (κ2) is 5.03. The molecule has 3 heterocycles. The van der Waals surface area contributed by atoms with E-state index in [4.69, 9.17) is 0 Å². The van der Waals surface area contributed by atoms with Crippen molar-refractivity contribution in [3.8, 4) is 0 Å². The van der Waals surface area contributed by atoms with Gasteiger partial charge in [0, 0.05) is 44.6 Å². The van der Waals surface area contributed by atoms with Crippen molar-refractivity contribution >= 4 is 17.7 Å². The predicted octanol–water partition coefficient (Wildman–Crippen LogP) is -0.280. The van der Waals surface area contributed by atoms with Crippen LogP contribution in [0.25, 0.3) is 0 Å². The van der Waals surface area contributed by atoms with E-state index in [-0.39, 0.29) is 17.5 Å². The van der Waals surface area contributed by atoms with E-state index < -0.39 is 0 Å². The molecular weight excluding hydrogens is 264 g/mol. The molecule has 3 rings (SSSR count). The molecule has 7 heteroatoms. The number of aromatic nitrogens is 3. The first-order valence-corrected chi connectivity index (χ1v) is 7.81. The molecule has 0 saturated carbocycles. The second-order valence-electron chi connectivity index (χ2n) is 5.11. The van der Waals surface area contributed by atoms with Gasteiger partial charge < -0.3 is 4.90 Å². The van der Waals surface area contributed by atoms with Crippen LogP contribution in [0.3, 0.4) is 0 Å². The van der Waals surface area contributed by atoms with Gasteiger partial charge in [0.05, 0.1) is 5.92 Å². The third-order valence-electron chi connectivity index (χ3n) is 3.88. The summed E-state index contributed by atoms with van der Waals surface area (Å²) in [6.45, 7) is 2.17. The molecule has 1 aromatic rings. The Hall–Kier alpha value is -1.24. The summed E-state index contributed by atoms with van der Waals surface area (Å²) in [4.78, 5) is 26.3. The monoisotopic (exact) mass is 282 g/mol. The number of hydrogen-bond donors (Lipinski definition) is 0. The van der Waals surface area contributed by atoms with Crippen molar-refractivity contribution in [3.05, 3.63) is 16.3 Å². The van der Waals surface area contributed by atoms with Crippen LogP contribution in [0.5, 0.6) is 0 Å². The van der Waals surface area contributed by atoms with Crippen LogP contribution in [0.4, 0.5) is 0 Å². The van der Waals surface area contributed by atoms with Gasteiger partial charge in [0.15, 0.2) is 0 Å². The van der Waals surface area contributed by atoms with Gasteiger partial charge in [-0.15, -0.1) is 0 Å². The third kappa shape index (κ3) is 2.31. The summed E-state index contributed by atoms with van der Waals surface area (Å²) in [5, 5.41) is 4.20. The molecule has 1 atom stereocenters. The topological polar surface area (TPSA) is 60.1 Å². The summed E-state index contributed by atoms with van der Waals surface area (Å²) in [5.41, 5.74) is -0.110. The Labute approximate surface area is 115 Å². The van der Waals surface area contributed by atoms with Gasteiger partial charge in [-0.2, -0.15) is 16.9 Å². The van der Waals surface area contributed by atoms with E-state index in [2.05, 4.69) is 5.10 Å². The maximum Gasteiger partial charge on any atom is 0.345 e. The van der Waals surface area contributed by atoms with Gasteiger partial charge in [-0.25, -0.2) is 9.48 Å². The number of carbonyl (C=O) groups excluding carboxylic acids is 1. The Bertz CT molecular complexity index is 544. The fourth-order valence-corrected chi connectivity index (χ4v) is 3.69. The van der Waals surface area contributed by atoms with Gasteiger partial charge in [0.25, 0.3) is 0 Å². The molecule has 2 aliphatic heterocycles. The molecule has 1 amide bonds. The zero-order valence-electron chi connectivity index (χ0n) is 11.0. The lowest BCUT2D eigenvalue weighted by atomic mass is 9.98. The fourth-order valence-electron chi connectivity index (χ4n) is 2.78. The van der Waals surface area contributed by atoms with Crippen LogP contribution in [0.15, 0.2) is 4.79 Å². The van der Waals surface area contributed by atoms with Gasteiger partial charge in [0.1, 0.15) is 5.82 Å². The minimum Gasteiger partial charge on any atom is -0.341 e. The largest absolute Gasteiger partial charge is 0.345 e. The van der Waals surface area contributed by atoms with Gasteiger partial charge >= 0.3 is 5.69 Å². The van der Waals surface area contributed by atoms with E-state index >= 15 is 0 Å². The zero-order valence-corrected chi connectivity index (χ0v) is 11.9. The number of rotatable bonds is 1. The van der Waals surface area contributed by atoms with E-state index in [0.29, 0.717) is 6.54 Å². The van der Waals surface area contributed by atoms with Crippen LogP contribution < -0.4 is 5.69 Å². The van der Waals surface area contributed by atoms with Crippen molar-refractivity contribution in [1.82, 2.24) is 19.2 Å². The highest BCUT2D eigenvalue weighted by Crippen LogP contribution is 2.21. The quantitative estimate of drug-likeness (QED) is 0.711. The summed E-state index contributed by atoms with van der Waals surface area (Å²) in [5.74, 6) is 3.01. The summed E-state index contributed by atoms with van der Waals surface area (Å²) in [6.07, 6.45) is 1.52. The zero-order chi connectivity index (χ0) is 13.4. The fraction of sp³-hybridized carbons (Fsp3) is 0.750. The molecule has 2 aliphatic rings. The van der Waals surface area contributed by atoms with Crippen LogP contribution in [0.2, 0.25) is 0 Å². The molecule has 1 saturated heterocycles. The molecule has 0 bridgehead atoms. The third-order valence-corrected chi connectivity index (χ3v) is 4.82. The number of nitrogens with zero attached hydrogens (tertiary/aromatic N) is 4. The van der Waals surface area contributed by atoms with E-state index in [1.54, 1.807) is 11.6 Å². The summed E-state index contributed by atoms with van der Waals surface area (Å²) in [7, 11) is 1.66. The molecule has 0 aliphatic carbocycles. The lowest BCUT2D eigenvalue weighted by Gasteiger charge is -2.31. The van der Waals surface area contributed by atoms with E-state index in [9.17, 15) is 9.59 Å². The average molecular weight is 282 g/mol. The van der Waals surface area contributed by atoms with Crippen molar-refractivity contribution in [2.75, 3.05) is 24.6 Å². The summed E-state index contributed by atoms with van der Waals surface area (Å²) < 4.78 is 3.02. The molecule has 19 heavy (non-hydrogen) atoms. The minimum absolute atomic E-state index is 0.0579. The maximum absolute atomic E-state index is 12.5. The van der Waals surface area contributed by atoms with Crippen molar-refractivity contribution in [3.63, 3.8) is 0 Å². The van der Waals surface area contributed by atoms with E-state index in [1.807, 2.05) is 16.7 Å². The second-order valence-corrected chi connectivity index (χ2v) is 6.33. The van der Waals surface area contributed by atoms with Crippen molar-refractivity contribution < 1.29 is 4.79 Å². The molecule has 6 nitrogen and oxygen atoms in total. The molecule has 1 aromatic heterocycles. The standard InChI is InChI=1S/C12H18N4O2S/c1-14-12(18)16-8-9(2-3-10(16)13-14)11(17)15-4-6-19-7-5-15/h9H,2-8H2,1H3/t9-/m1/s1. The Morgan fingerprint density at radius 1 is 1.37 bits per heavy atom. The highest BCUT2D eigenvalue weighted by atomic mass is 32.2. The van der Waals surface area contributed by atoms with Gasteiger partial charge in [-0.1, -0.05) is 0 Å². The maximum atomic E-state index is 12.5. The van der Waals surface area contributed by atoms with Crippen molar-refractivity contribution in [2.24, 2.45) is 13.0 Å². The van der Waals surface area contributed by atoms with E-state index in [1.165, 1.54) is 4.68 Å². The first-order valence-electron chi connectivity index (χ1n) is 6.66. The molecule has 1 fully saturated rings. The first-order chi connectivity index (χ1) is 9.16. The number of amides is 1. The van der Waals surface area contributed by atoms with Crippen molar-refractivity contribution in [2.45, 2.75) is 19.4 Å². The normalized spacial score (nSPS) is 23.2. The predicted molar refractivity (Wildman–Crippen MR) is 73.2 cm³/mol. The SMILES string of the molecule is Cn1nc2n(c1=O)C[C@H](C(=O)N1CCSCC1)CC2. The number of hydrogen-bond acceptors (Lipinski definition) is 4. The number of carbonyl (C=O) groups is 1. The minimum atomic E-state index is -0.110. The molecule has 0 spiro atoms. The van der Waals surface area contributed by atoms with Gasteiger partial charge in [0.2, 0.25) is 5.91 Å². The Kier molecular flexibility index (Phi) is 3.38. The Morgan fingerprint density at radius 3 is 2.84 bits per heavy atom. The summed E-state index contributed by atoms with van der Waals surface area (Å²) in [6, 6.07) is 0. The number of aryl methyl sites for hydroxylation is 2.